The molecule has 0 spiro atoms. The summed E-state index contributed by atoms with van der Waals surface area (Å²) < 4.78 is 0. The predicted octanol–water partition coefficient (Wildman–Crippen LogP) is 3.88. The van der Waals surface area contributed by atoms with E-state index in [0.717, 1.165) is 35.5 Å². The first-order chi connectivity index (χ1) is 13.1. The van der Waals surface area contributed by atoms with Crippen LogP contribution in [0.2, 0.25) is 0 Å². The minimum Gasteiger partial charge on any atom is -0.392 e. The lowest BCUT2D eigenvalue weighted by Gasteiger charge is -2.25. The lowest BCUT2D eigenvalue weighted by molar-refractivity contribution is -0.127. The number of aliphatic hydroxyl groups excluding tert-OH is 2. The molecule has 1 aromatic heterocycles. The number of ketones is 1. The highest BCUT2D eigenvalue weighted by atomic mass is 32.1. The van der Waals surface area contributed by atoms with Crippen molar-refractivity contribution < 1.29 is 15.0 Å². The van der Waals surface area contributed by atoms with Crippen LogP contribution in [0, 0.1) is 18.8 Å². The van der Waals surface area contributed by atoms with Gasteiger partial charge in [0.2, 0.25) is 0 Å². The summed E-state index contributed by atoms with van der Waals surface area (Å²) in [7, 11) is 0. The molecule has 6 heteroatoms. The van der Waals surface area contributed by atoms with Gasteiger partial charge in [-0.1, -0.05) is 26.0 Å². The number of carbonyl (C=O) groups excluding carboxylic acids is 1. The summed E-state index contributed by atoms with van der Waals surface area (Å²) in [6, 6.07) is -0.539. The maximum absolute atomic E-state index is 11.9. The summed E-state index contributed by atoms with van der Waals surface area (Å²) in [5.41, 5.74) is 7.42. The van der Waals surface area contributed by atoms with Crippen LogP contribution < -0.4 is 5.73 Å². The van der Waals surface area contributed by atoms with Crippen molar-refractivity contribution in [2.45, 2.75) is 78.6 Å². The number of unbranched alkanes of at least 4 members (excludes halogenated alkanes) is 1. The lowest BCUT2D eigenvalue weighted by atomic mass is 9.85. The first-order valence-corrected chi connectivity index (χ1v) is 10.9. The number of thiazole rings is 1. The van der Waals surface area contributed by atoms with Gasteiger partial charge in [0.1, 0.15) is 0 Å². The molecule has 5 nitrogen and oxygen atoms in total. The van der Waals surface area contributed by atoms with E-state index in [9.17, 15) is 15.0 Å². The van der Waals surface area contributed by atoms with Gasteiger partial charge in [0.15, 0.2) is 5.78 Å². The molecule has 158 valence electrons. The Morgan fingerprint density at radius 3 is 2.54 bits per heavy atom. The number of aryl methyl sites for hydroxylation is 1. The van der Waals surface area contributed by atoms with Crippen LogP contribution in [0.3, 0.4) is 0 Å². The molecule has 0 radical (unpaired) electrons. The highest BCUT2D eigenvalue weighted by Crippen LogP contribution is 2.20. The van der Waals surface area contributed by atoms with Gasteiger partial charge < -0.3 is 15.9 Å². The fourth-order valence-electron chi connectivity index (χ4n) is 3.11. The summed E-state index contributed by atoms with van der Waals surface area (Å²) >= 11 is 1.60. The van der Waals surface area contributed by atoms with Crippen molar-refractivity contribution in [1.29, 1.82) is 0 Å². The number of aliphatic hydroxyl groups is 2. The van der Waals surface area contributed by atoms with E-state index in [1.807, 2.05) is 38.3 Å². The summed E-state index contributed by atoms with van der Waals surface area (Å²) in [6.07, 6.45) is 8.04. The largest absolute Gasteiger partial charge is 0.392 e. The third-order valence-corrected chi connectivity index (χ3v) is 5.88. The zero-order valence-electron chi connectivity index (χ0n) is 17.8. The smallest absolute Gasteiger partial charge is 0.154 e. The van der Waals surface area contributed by atoms with E-state index in [0.29, 0.717) is 6.42 Å². The van der Waals surface area contributed by atoms with Gasteiger partial charge in [-0.3, -0.25) is 4.79 Å². The van der Waals surface area contributed by atoms with Gasteiger partial charge >= 0.3 is 0 Å². The van der Waals surface area contributed by atoms with Gasteiger partial charge in [0.05, 0.1) is 29.0 Å². The van der Waals surface area contributed by atoms with E-state index >= 15 is 0 Å². The molecule has 1 rings (SSSR count). The Morgan fingerprint density at radius 2 is 1.96 bits per heavy atom. The van der Waals surface area contributed by atoms with E-state index in [-0.39, 0.29) is 11.7 Å². The van der Waals surface area contributed by atoms with Gasteiger partial charge in [-0.25, -0.2) is 4.98 Å². The standard InChI is InChI=1S/C22H36N2O3S/c1-14(21(26)16(3)22(27)17(4)23)10-8-6-7-9-11-20(25)15(2)12-19-13-28-18(5)24-19/h7,9,12-14,16-17,20-21,25-26H,6,8,10-11,23H2,1-5H3/b9-7-,15-12+/t14-,16+,17?,20-,21-/m0/s1. The van der Waals surface area contributed by atoms with Crippen LogP contribution in [-0.4, -0.2) is 39.2 Å². The van der Waals surface area contributed by atoms with E-state index in [4.69, 9.17) is 5.73 Å². The Hall–Kier alpha value is -1.34. The molecule has 0 saturated heterocycles. The number of nitrogens with two attached hydrogens (primary N) is 1. The molecule has 0 aliphatic rings. The monoisotopic (exact) mass is 408 g/mol. The minimum atomic E-state index is -0.661. The Morgan fingerprint density at radius 1 is 1.29 bits per heavy atom. The van der Waals surface area contributed by atoms with Crippen LogP contribution >= 0.6 is 11.3 Å². The molecule has 28 heavy (non-hydrogen) atoms. The zero-order valence-corrected chi connectivity index (χ0v) is 18.6. The molecule has 0 aliphatic heterocycles. The Balaban J connectivity index is 2.32. The highest BCUT2D eigenvalue weighted by molar-refractivity contribution is 7.09. The van der Waals surface area contributed by atoms with Crippen molar-refractivity contribution in [3.8, 4) is 0 Å². The molecular weight excluding hydrogens is 372 g/mol. The van der Waals surface area contributed by atoms with Gasteiger partial charge in [0, 0.05) is 11.3 Å². The molecule has 0 aliphatic carbocycles. The third-order valence-electron chi connectivity index (χ3n) is 5.09. The lowest BCUT2D eigenvalue weighted by Crippen LogP contribution is -2.39. The van der Waals surface area contributed by atoms with Crippen LogP contribution in [0.4, 0.5) is 0 Å². The number of carbonyl (C=O) groups is 1. The summed E-state index contributed by atoms with van der Waals surface area (Å²) in [6.45, 7) is 9.26. The van der Waals surface area contributed by atoms with Crippen LogP contribution in [-0.2, 0) is 4.79 Å². The number of hydrogen-bond acceptors (Lipinski definition) is 6. The van der Waals surface area contributed by atoms with Crippen molar-refractivity contribution in [1.82, 2.24) is 4.98 Å². The number of allylic oxidation sites excluding steroid dienone is 1. The molecule has 0 bridgehead atoms. The third kappa shape index (κ3) is 8.35. The second kappa shape index (κ2) is 12.3. The predicted molar refractivity (Wildman–Crippen MR) is 117 cm³/mol. The normalized spacial score (nSPS) is 18.1. The zero-order chi connectivity index (χ0) is 21.3. The van der Waals surface area contributed by atoms with E-state index < -0.39 is 24.2 Å². The van der Waals surface area contributed by atoms with Crippen LogP contribution in [0.1, 0.15) is 64.1 Å². The molecule has 0 fully saturated rings. The second-order valence-electron chi connectivity index (χ2n) is 7.78. The van der Waals surface area contributed by atoms with Crippen molar-refractivity contribution in [2.24, 2.45) is 17.6 Å². The Kier molecular flexibility index (Phi) is 10.8. The molecule has 1 heterocycles. The number of nitrogens with zero attached hydrogens (tertiary/aromatic N) is 1. The van der Waals surface area contributed by atoms with Crippen molar-refractivity contribution in [3.63, 3.8) is 0 Å². The molecule has 1 unspecified atom stereocenters. The van der Waals surface area contributed by atoms with Crippen molar-refractivity contribution in [2.75, 3.05) is 0 Å². The molecule has 4 N–H and O–H groups in total. The molecule has 5 atom stereocenters. The van der Waals surface area contributed by atoms with Gasteiger partial charge in [-0.15, -0.1) is 11.3 Å². The maximum atomic E-state index is 11.9. The quantitative estimate of drug-likeness (QED) is 0.360. The van der Waals surface area contributed by atoms with Crippen molar-refractivity contribution in [3.05, 3.63) is 33.8 Å². The van der Waals surface area contributed by atoms with E-state index in [1.54, 1.807) is 25.2 Å². The maximum Gasteiger partial charge on any atom is 0.154 e. The number of Topliss-reactive ketones (excluding diaryl/α,β-unsaturated/α-hetero) is 1. The highest BCUT2D eigenvalue weighted by Gasteiger charge is 2.28. The molecule has 0 aromatic carbocycles. The second-order valence-corrected chi connectivity index (χ2v) is 8.84. The SMILES string of the molecule is C/C(=C\c1csc(C)n1)[C@@H](O)C/C=C\CCC[C@H](C)[C@H](O)[C@@H](C)C(=O)C(C)N. The van der Waals surface area contributed by atoms with Crippen LogP contribution in [0.25, 0.3) is 6.08 Å². The fraction of sp³-hybridized carbons (Fsp3) is 0.636. The minimum absolute atomic E-state index is 0.0448. The van der Waals surface area contributed by atoms with Gasteiger partial charge in [-0.2, -0.15) is 0 Å². The average Bonchev–Trinajstić information content (AvgIpc) is 3.06. The fourth-order valence-corrected chi connectivity index (χ4v) is 3.68. The number of aromatic nitrogens is 1. The summed E-state index contributed by atoms with van der Waals surface area (Å²) in [4.78, 5) is 16.3. The van der Waals surface area contributed by atoms with Gasteiger partial charge in [0.25, 0.3) is 0 Å². The number of hydrogen-bond donors (Lipinski definition) is 3. The first kappa shape index (κ1) is 24.7. The number of rotatable bonds is 12. The first-order valence-electron chi connectivity index (χ1n) is 10.0. The molecular formula is C22H36N2O3S. The molecule has 0 saturated carbocycles. The summed E-state index contributed by atoms with van der Waals surface area (Å²) in [5, 5.41) is 23.6. The Bertz CT molecular complexity index is 666. The van der Waals surface area contributed by atoms with Gasteiger partial charge in [-0.05, 0) is 64.0 Å². The molecule has 1 aromatic rings. The summed E-state index contributed by atoms with van der Waals surface area (Å²) in [5.74, 6) is -0.482. The van der Waals surface area contributed by atoms with Crippen molar-refractivity contribution >= 4 is 23.2 Å². The van der Waals surface area contributed by atoms with Crippen LogP contribution in [0.15, 0.2) is 23.1 Å². The van der Waals surface area contributed by atoms with E-state index in [1.165, 1.54) is 0 Å². The Labute approximate surface area is 173 Å². The van der Waals surface area contributed by atoms with E-state index in [2.05, 4.69) is 11.1 Å². The van der Waals surface area contributed by atoms with Crippen LogP contribution in [0.5, 0.6) is 0 Å². The molecule has 0 amide bonds. The average molecular weight is 409 g/mol. The topological polar surface area (TPSA) is 96.4 Å².